The maximum atomic E-state index is 10.3. The van der Waals surface area contributed by atoms with Crippen molar-refractivity contribution >= 4 is 17.6 Å². The number of non-ortho nitro benzene ring substituents is 1. The molecule has 17 heavy (non-hydrogen) atoms. The number of carbonyl (C=O) groups is 2. The van der Waals surface area contributed by atoms with Gasteiger partial charge < -0.3 is 10.2 Å². The number of carboxylic acid groups (broad SMARTS) is 2. The third kappa shape index (κ3) is 7.48. The van der Waals surface area contributed by atoms with Crippen LogP contribution in [0.25, 0.3) is 0 Å². The number of rotatable bonds is 3. The third-order valence-electron chi connectivity index (χ3n) is 1.50. The first kappa shape index (κ1) is 14.6. The van der Waals surface area contributed by atoms with E-state index in [1.54, 1.807) is 0 Å². The topological polar surface area (TPSA) is 118 Å². The van der Waals surface area contributed by atoms with Crippen LogP contribution in [0.5, 0.6) is 0 Å². The van der Waals surface area contributed by atoms with E-state index in [1.807, 2.05) is 0 Å². The van der Waals surface area contributed by atoms with Gasteiger partial charge in [0.1, 0.15) is 0 Å². The summed E-state index contributed by atoms with van der Waals surface area (Å²) in [7, 11) is 0. The lowest BCUT2D eigenvalue weighted by Crippen LogP contribution is -1.99. The predicted octanol–water partition coefficient (Wildman–Crippen LogP) is 1.31. The van der Waals surface area contributed by atoms with E-state index in [0.717, 1.165) is 6.92 Å². The van der Waals surface area contributed by atoms with Crippen LogP contribution in [0.2, 0.25) is 0 Å². The molecule has 0 unspecified atom stereocenters. The molecule has 0 heterocycles. The van der Waals surface area contributed by atoms with E-state index in [2.05, 4.69) is 0 Å². The Morgan fingerprint density at radius 3 is 1.94 bits per heavy atom. The van der Waals surface area contributed by atoms with E-state index in [0.29, 0.717) is 5.56 Å². The molecule has 92 valence electrons. The average Bonchev–Trinajstić information content (AvgIpc) is 2.16. The Morgan fingerprint density at radius 2 is 1.65 bits per heavy atom. The number of nitro groups is 1. The minimum atomic E-state index is -0.950. The average molecular weight is 241 g/mol. The first-order valence-electron chi connectivity index (χ1n) is 4.47. The van der Waals surface area contributed by atoms with Crippen LogP contribution in [-0.2, 0) is 16.0 Å². The Bertz CT molecular complexity index is 407. The van der Waals surface area contributed by atoms with E-state index >= 15 is 0 Å². The third-order valence-corrected chi connectivity index (χ3v) is 1.50. The number of nitrogens with zero attached hydrogens (tertiary/aromatic N) is 1. The van der Waals surface area contributed by atoms with E-state index in [4.69, 9.17) is 15.0 Å². The standard InChI is InChI=1S/C8H7NO4.C2H4O2/c10-8(11)5-6-1-3-7(4-2-6)9(12)13;1-2(3)4/h1-4H,5H2,(H,10,11);1H3,(H,3,4). The minimum Gasteiger partial charge on any atom is -0.481 e. The zero-order valence-corrected chi connectivity index (χ0v) is 8.99. The second-order valence-corrected chi connectivity index (χ2v) is 3.01. The van der Waals surface area contributed by atoms with E-state index in [9.17, 15) is 14.9 Å². The SMILES string of the molecule is CC(=O)O.O=C(O)Cc1ccc([N+](=O)[O-])cc1. The summed E-state index contributed by atoms with van der Waals surface area (Å²) < 4.78 is 0. The molecule has 1 rings (SSSR count). The van der Waals surface area contributed by atoms with Gasteiger partial charge in [-0.2, -0.15) is 0 Å². The Balaban J connectivity index is 0.000000557. The van der Waals surface area contributed by atoms with Crippen LogP contribution in [-0.4, -0.2) is 27.1 Å². The van der Waals surface area contributed by atoms with Crippen LogP contribution < -0.4 is 0 Å². The fourth-order valence-corrected chi connectivity index (χ4v) is 0.910. The van der Waals surface area contributed by atoms with E-state index < -0.39 is 16.9 Å². The summed E-state index contributed by atoms with van der Waals surface area (Å²) in [5.74, 6) is -1.78. The molecule has 7 heteroatoms. The van der Waals surface area contributed by atoms with E-state index in [-0.39, 0.29) is 12.1 Å². The first-order chi connectivity index (χ1) is 7.82. The lowest BCUT2D eigenvalue weighted by atomic mass is 10.1. The molecule has 0 amide bonds. The first-order valence-corrected chi connectivity index (χ1v) is 4.47. The number of hydrogen-bond acceptors (Lipinski definition) is 4. The summed E-state index contributed by atoms with van der Waals surface area (Å²) in [5.41, 5.74) is 0.521. The maximum absolute atomic E-state index is 10.3. The fourth-order valence-electron chi connectivity index (χ4n) is 0.910. The molecule has 0 saturated heterocycles. The molecular weight excluding hydrogens is 230 g/mol. The van der Waals surface area contributed by atoms with Crippen molar-refractivity contribution in [3.63, 3.8) is 0 Å². The van der Waals surface area contributed by atoms with Crippen molar-refractivity contribution in [3.8, 4) is 0 Å². The zero-order valence-electron chi connectivity index (χ0n) is 8.99. The highest BCUT2D eigenvalue weighted by molar-refractivity contribution is 5.70. The minimum absolute atomic E-state index is 0.0332. The second kappa shape index (κ2) is 6.94. The van der Waals surface area contributed by atoms with Gasteiger partial charge in [-0.1, -0.05) is 12.1 Å². The molecule has 0 aliphatic rings. The molecule has 0 spiro atoms. The molecule has 0 saturated carbocycles. The predicted molar refractivity (Wildman–Crippen MR) is 57.7 cm³/mol. The van der Waals surface area contributed by atoms with Gasteiger partial charge in [-0.05, 0) is 5.56 Å². The zero-order chi connectivity index (χ0) is 13.4. The van der Waals surface area contributed by atoms with Crippen molar-refractivity contribution in [2.24, 2.45) is 0 Å². The highest BCUT2D eigenvalue weighted by atomic mass is 16.6. The second-order valence-electron chi connectivity index (χ2n) is 3.01. The lowest BCUT2D eigenvalue weighted by molar-refractivity contribution is -0.384. The summed E-state index contributed by atoms with van der Waals surface area (Å²) in [5, 5.41) is 26.1. The largest absolute Gasteiger partial charge is 0.481 e. The summed E-state index contributed by atoms with van der Waals surface area (Å²) in [4.78, 5) is 29.0. The molecule has 0 atom stereocenters. The Morgan fingerprint density at radius 1 is 1.24 bits per heavy atom. The molecular formula is C10H11NO6. The number of nitro benzene ring substituents is 1. The van der Waals surface area contributed by atoms with E-state index in [1.165, 1.54) is 24.3 Å². The van der Waals surface area contributed by atoms with Crippen LogP contribution in [0, 0.1) is 10.1 Å². The highest BCUT2D eigenvalue weighted by Gasteiger charge is 2.05. The van der Waals surface area contributed by atoms with Gasteiger partial charge in [0.25, 0.3) is 11.7 Å². The molecule has 1 aromatic rings. The van der Waals surface area contributed by atoms with Crippen molar-refractivity contribution in [1.82, 2.24) is 0 Å². The van der Waals surface area contributed by atoms with Gasteiger partial charge in [0.05, 0.1) is 11.3 Å². The van der Waals surface area contributed by atoms with Gasteiger partial charge in [0.2, 0.25) is 0 Å². The molecule has 0 radical (unpaired) electrons. The number of hydrogen-bond donors (Lipinski definition) is 2. The summed E-state index contributed by atoms with van der Waals surface area (Å²) >= 11 is 0. The smallest absolute Gasteiger partial charge is 0.307 e. The van der Waals surface area contributed by atoms with Gasteiger partial charge in [-0.15, -0.1) is 0 Å². The number of aliphatic carboxylic acids is 2. The van der Waals surface area contributed by atoms with Gasteiger partial charge in [-0.3, -0.25) is 19.7 Å². The Kier molecular flexibility index (Phi) is 5.94. The number of carboxylic acids is 2. The number of benzene rings is 1. The van der Waals surface area contributed by atoms with Crippen LogP contribution in [0.3, 0.4) is 0 Å². The molecule has 0 aromatic heterocycles. The summed E-state index contributed by atoms with van der Waals surface area (Å²) in [6, 6.07) is 5.45. The molecule has 2 N–H and O–H groups in total. The summed E-state index contributed by atoms with van der Waals surface area (Å²) in [6.45, 7) is 1.08. The van der Waals surface area contributed by atoms with Crippen LogP contribution in [0.15, 0.2) is 24.3 Å². The van der Waals surface area contributed by atoms with Crippen molar-refractivity contribution in [2.75, 3.05) is 0 Å². The quantitative estimate of drug-likeness (QED) is 0.608. The molecule has 0 fully saturated rings. The van der Waals surface area contributed by atoms with Crippen molar-refractivity contribution < 1.29 is 24.7 Å². The van der Waals surface area contributed by atoms with Crippen LogP contribution >= 0.6 is 0 Å². The molecule has 0 aliphatic heterocycles. The molecule has 1 aromatic carbocycles. The molecule has 7 nitrogen and oxygen atoms in total. The van der Waals surface area contributed by atoms with Crippen molar-refractivity contribution in [2.45, 2.75) is 13.3 Å². The van der Waals surface area contributed by atoms with Crippen LogP contribution in [0.1, 0.15) is 12.5 Å². The maximum Gasteiger partial charge on any atom is 0.307 e. The van der Waals surface area contributed by atoms with Gasteiger partial charge in [0, 0.05) is 19.1 Å². The normalized spacial score (nSPS) is 8.76. The summed E-state index contributed by atoms with van der Waals surface area (Å²) in [6.07, 6.45) is -0.113. The van der Waals surface area contributed by atoms with Gasteiger partial charge >= 0.3 is 5.97 Å². The highest BCUT2D eigenvalue weighted by Crippen LogP contribution is 2.11. The van der Waals surface area contributed by atoms with Crippen LogP contribution in [0.4, 0.5) is 5.69 Å². The Labute approximate surface area is 96.5 Å². The van der Waals surface area contributed by atoms with Gasteiger partial charge in [0.15, 0.2) is 0 Å². The van der Waals surface area contributed by atoms with Crippen molar-refractivity contribution in [3.05, 3.63) is 39.9 Å². The fraction of sp³-hybridized carbons (Fsp3) is 0.200. The monoisotopic (exact) mass is 241 g/mol. The lowest BCUT2D eigenvalue weighted by Gasteiger charge is -1.95. The van der Waals surface area contributed by atoms with Gasteiger partial charge in [-0.25, -0.2) is 0 Å². The molecule has 0 bridgehead atoms. The van der Waals surface area contributed by atoms with Crippen molar-refractivity contribution in [1.29, 1.82) is 0 Å². The molecule has 0 aliphatic carbocycles. The Hall–Kier alpha value is -2.44.